The van der Waals surface area contributed by atoms with Crippen LogP contribution < -0.4 is 10.1 Å². The predicted octanol–water partition coefficient (Wildman–Crippen LogP) is 3.16. The number of benzene rings is 1. The number of H-pyrrole nitrogens is 1. The summed E-state index contributed by atoms with van der Waals surface area (Å²) in [6.45, 7) is 3.02. The normalized spacial score (nSPS) is 12.4. The van der Waals surface area contributed by atoms with Crippen LogP contribution in [0.2, 0.25) is 5.02 Å². The van der Waals surface area contributed by atoms with E-state index >= 15 is 0 Å². The van der Waals surface area contributed by atoms with Gasteiger partial charge in [0, 0.05) is 23.0 Å². The standard InChI is InChI=1S/C14H18ClN3O/c1-3-6-16-13(14-17-7-8-18-14)11-9-10(15)4-5-12(11)19-2/h4-5,7-9,13,16H,3,6H2,1-2H3,(H,17,18). The Morgan fingerprint density at radius 1 is 1.47 bits per heavy atom. The molecular formula is C14H18ClN3O. The average molecular weight is 280 g/mol. The molecule has 2 N–H and O–H groups in total. The quantitative estimate of drug-likeness (QED) is 0.854. The van der Waals surface area contributed by atoms with Crippen molar-refractivity contribution in [2.24, 2.45) is 0 Å². The summed E-state index contributed by atoms with van der Waals surface area (Å²) in [7, 11) is 1.66. The summed E-state index contributed by atoms with van der Waals surface area (Å²) in [5, 5.41) is 4.14. The van der Waals surface area contributed by atoms with Crippen molar-refractivity contribution in [2.45, 2.75) is 19.4 Å². The number of ether oxygens (including phenoxy) is 1. The monoisotopic (exact) mass is 279 g/mol. The first-order valence-corrected chi connectivity index (χ1v) is 6.70. The van der Waals surface area contributed by atoms with Crippen molar-refractivity contribution in [1.29, 1.82) is 0 Å². The van der Waals surface area contributed by atoms with Gasteiger partial charge in [0.1, 0.15) is 11.6 Å². The molecule has 0 amide bonds. The molecule has 0 aliphatic heterocycles. The van der Waals surface area contributed by atoms with E-state index in [-0.39, 0.29) is 6.04 Å². The first-order chi connectivity index (χ1) is 9.26. The molecule has 1 aromatic carbocycles. The number of nitrogens with zero attached hydrogens (tertiary/aromatic N) is 1. The summed E-state index contributed by atoms with van der Waals surface area (Å²) in [4.78, 5) is 7.48. The van der Waals surface area contributed by atoms with E-state index in [4.69, 9.17) is 16.3 Å². The van der Waals surface area contributed by atoms with Crippen LogP contribution in [0.15, 0.2) is 30.6 Å². The maximum absolute atomic E-state index is 6.10. The molecule has 0 spiro atoms. The molecule has 1 aromatic heterocycles. The number of imidazole rings is 1. The summed E-state index contributed by atoms with van der Waals surface area (Å²) in [5.41, 5.74) is 0.985. The fourth-order valence-electron chi connectivity index (χ4n) is 2.01. The molecule has 4 nitrogen and oxygen atoms in total. The molecule has 102 valence electrons. The minimum Gasteiger partial charge on any atom is -0.496 e. The van der Waals surface area contributed by atoms with Gasteiger partial charge in [-0.25, -0.2) is 4.98 Å². The fourth-order valence-corrected chi connectivity index (χ4v) is 2.19. The highest BCUT2D eigenvalue weighted by Gasteiger charge is 2.20. The molecule has 0 radical (unpaired) electrons. The van der Waals surface area contributed by atoms with Crippen LogP contribution >= 0.6 is 11.6 Å². The fraction of sp³-hybridized carbons (Fsp3) is 0.357. The molecule has 19 heavy (non-hydrogen) atoms. The van der Waals surface area contributed by atoms with E-state index < -0.39 is 0 Å². The minimum absolute atomic E-state index is 0.0522. The van der Waals surface area contributed by atoms with E-state index in [0.29, 0.717) is 5.02 Å². The van der Waals surface area contributed by atoms with Gasteiger partial charge in [-0.1, -0.05) is 18.5 Å². The van der Waals surface area contributed by atoms with Crippen LogP contribution in [0.3, 0.4) is 0 Å². The lowest BCUT2D eigenvalue weighted by molar-refractivity contribution is 0.402. The van der Waals surface area contributed by atoms with E-state index in [1.54, 1.807) is 13.3 Å². The minimum atomic E-state index is -0.0522. The SMILES string of the molecule is CCCNC(c1ncc[nH]1)c1cc(Cl)ccc1OC. The zero-order chi connectivity index (χ0) is 13.7. The van der Waals surface area contributed by atoms with Gasteiger partial charge in [0.05, 0.1) is 13.2 Å². The summed E-state index contributed by atoms with van der Waals surface area (Å²) in [5.74, 6) is 1.66. The third-order valence-electron chi connectivity index (χ3n) is 2.89. The lowest BCUT2D eigenvalue weighted by Gasteiger charge is -2.19. The largest absolute Gasteiger partial charge is 0.496 e. The Morgan fingerprint density at radius 3 is 2.95 bits per heavy atom. The van der Waals surface area contributed by atoms with Crippen molar-refractivity contribution in [2.75, 3.05) is 13.7 Å². The van der Waals surface area contributed by atoms with E-state index in [1.165, 1.54) is 0 Å². The van der Waals surface area contributed by atoms with Crippen LogP contribution in [0.25, 0.3) is 0 Å². The van der Waals surface area contributed by atoms with Crippen LogP contribution in [0, 0.1) is 0 Å². The third kappa shape index (κ3) is 3.28. The number of aromatic amines is 1. The zero-order valence-electron chi connectivity index (χ0n) is 11.1. The predicted molar refractivity (Wildman–Crippen MR) is 76.7 cm³/mol. The molecule has 1 atom stereocenters. The van der Waals surface area contributed by atoms with Gasteiger partial charge in [0.15, 0.2) is 0 Å². The summed E-state index contributed by atoms with van der Waals surface area (Å²) >= 11 is 6.10. The lowest BCUT2D eigenvalue weighted by atomic mass is 10.0. The molecule has 5 heteroatoms. The Bertz CT molecular complexity index is 513. The van der Waals surface area contributed by atoms with Gasteiger partial charge < -0.3 is 15.0 Å². The molecule has 0 bridgehead atoms. The van der Waals surface area contributed by atoms with Gasteiger partial charge in [0.2, 0.25) is 0 Å². The molecule has 0 saturated carbocycles. The average Bonchev–Trinajstić information content (AvgIpc) is 2.93. The highest BCUT2D eigenvalue weighted by molar-refractivity contribution is 6.30. The zero-order valence-corrected chi connectivity index (χ0v) is 11.9. The second-order valence-electron chi connectivity index (χ2n) is 4.25. The molecule has 0 saturated heterocycles. The highest BCUT2D eigenvalue weighted by Crippen LogP contribution is 2.31. The Balaban J connectivity index is 2.39. The first-order valence-electron chi connectivity index (χ1n) is 6.32. The van der Waals surface area contributed by atoms with Gasteiger partial charge in [0.25, 0.3) is 0 Å². The number of nitrogens with one attached hydrogen (secondary N) is 2. The number of aromatic nitrogens is 2. The van der Waals surface area contributed by atoms with Gasteiger partial charge in [-0.05, 0) is 31.2 Å². The Morgan fingerprint density at radius 2 is 2.32 bits per heavy atom. The van der Waals surface area contributed by atoms with Gasteiger partial charge in [-0.3, -0.25) is 0 Å². The Labute approximate surface area is 118 Å². The smallest absolute Gasteiger partial charge is 0.127 e. The number of hydrogen-bond donors (Lipinski definition) is 2. The van der Waals surface area contributed by atoms with Crippen LogP contribution in [-0.2, 0) is 0 Å². The second-order valence-corrected chi connectivity index (χ2v) is 4.68. The number of methoxy groups -OCH3 is 1. The van der Waals surface area contributed by atoms with Crippen molar-refractivity contribution in [3.05, 3.63) is 47.0 Å². The van der Waals surface area contributed by atoms with Crippen molar-refractivity contribution < 1.29 is 4.74 Å². The molecule has 2 rings (SSSR count). The van der Waals surface area contributed by atoms with Gasteiger partial charge >= 0.3 is 0 Å². The van der Waals surface area contributed by atoms with Crippen molar-refractivity contribution in [3.8, 4) is 5.75 Å². The summed E-state index contributed by atoms with van der Waals surface area (Å²) in [6, 6.07) is 5.56. The molecule has 0 aliphatic rings. The molecule has 2 aromatic rings. The summed E-state index contributed by atoms with van der Waals surface area (Å²) in [6.07, 6.45) is 4.60. The van der Waals surface area contributed by atoms with Crippen molar-refractivity contribution in [3.63, 3.8) is 0 Å². The maximum atomic E-state index is 6.10. The Kier molecular flexibility index (Phi) is 4.82. The maximum Gasteiger partial charge on any atom is 0.127 e. The van der Waals surface area contributed by atoms with E-state index in [1.807, 2.05) is 24.4 Å². The summed E-state index contributed by atoms with van der Waals surface area (Å²) < 4.78 is 5.42. The topological polar surface area (TPSA) is 49.9 Å². The highest BCUT2D eigenvalue weighted by atomic mass is 35.5. The number of rotatable bonds is 6. The molecule has 0 aliphatic carbocycles. The van der Waals surface area contributed by atoms with Crippen LogP contribution in [0.5, 0.6) is 5.75 Å². The Hall–Kier alpha value is -1.52. The van der Waals surface area contributed by atoms with Crippen molar-refractivity contribution >= 4 is 11.6 Å². The number of hydrogen-bond acceptors (Lipinski definition) is 3. The van der Waals surface area contributed by atoms with E-state index in [2.05, 4.69) is 22.2 Å². The lowest BCUT2D eigenvalue weighted by Crippen LogP contribution is -2.24. The van der Waals surface area contributed by atoms with Crippen LogP contribution in [0.4, 0.5) is 0 Å². The third-order valence-corrected chi connectivity index (χ3v) is 3.13. The van der Waals surface area contributed by atoms with E-state index in [9.17, 15) is 0 Å². The second kappa shape index (κ2) is 6.59. The van der Waals surface area contributed by atoms with Crippen LogP contribution in [-0.4, -0.2) is 23.6 Å². The number of halogens is 1. The van der Waals surface area contributed by atoms with Gasteiger partial charge in [-0.15, -0.1) is 0 Å². The molecule has 0 fully saturated rings. The van der Waals surface area contributed by atoms with Gasteiger partial charge in [-0.2, -0.15) is 0 Å². The first kappa shape index (κ1) is 13.9. The molecular weight excluding hydrogens is 262 g/mol. The van der Waals surface area contributed by atoms with Crippen LogP contribution in [0.1, 0.15) is 30.8 Å². The van der Waals surface area contributed by atoms with Crippen molar-refractivity contribution in [1.82, 2.24) is 15.3 Å². The molecule has 1 unspecified atom stereocenters. The van der Waals surface area contributed by atoms with E-state index in [0.717, 1.165) is 30.1 Å². The molecule has 1 heterocycles.